The molecule has 1 amide bonds. The third kappa shape index (κ3) is 3.57. The summed E-state index contributed by atoms with van der Waals surface area (Å²) < 4.78 is 0. The number of anilines is 1. The molecule has 0 radical (unpaired) electrons. The van der Waals surface area contributed by atoms with E-state index >= 15 is 0 Å². The van der Waals surface area contributed by atoms with E-state index in [0.717, 1.165) is 18.2 Å². The highest BCUT2D eigenvalue weighted by Crippen LogP contribution is 2.20. The highest BCUT2D eigenvalue weighted by atomic mass is 16.6. The molecule has 2 N–H and O–H groups in total. The van der Waals surface area contributed by atoms with E-state index in [1.54, 1.807) is 6.07 Å². The number of nitro groups is 1. The van der Waals surface area contributed by atoms with Crippen LogP contribution in [0.4, 0.5) is 11.4 Å². The first-order chi connectivity index (χ1) is 11.9. The van der Waals surface area contributed by atoms with E-state index in [4.69, 9.17) is 15.6 Å². The lowest BCUT2D eigenvalue weighted by Crippen LogP contribution is -2.17. The number of aromatic carboxylic acids is 1. The number of amides is 1. The number of carboxylic acid groups (broad SMARTS) is 1. The zero-order valence-electron chi connectivity index (χ0n) is 12.4. The molecule has 9 heteroatoms. The van der Waals surface area contributed by atoms with Crippen LogP contribution in [0.25, 0.3) is 0 Å². The maximum atomic E-state index is 12.3. The van der Waals surface area contributed by atoms with Gasteiger partial charge in [-0.15, -0.1) is 0 Å². The molecule has 0 aliphatic heterocycles. The third-order valence-corrected chi connectivity index (χ3v) is 3.21. The molecule has 2 aromatic carbocycles. The van der Waals surface area contributed by atoms with Gasteiger partial charge in [-0.05, 0) is 24.3 Å². The van der Waals surface area contributed by atoms with Crippen LogP contribution in [0.2, 0.25) is 0 Å². The molecule has 0 spiro atoms. The SMILES string of the molecule is N#Cc1ccc(NC(=O)c2ccc([N+](=O)[O-])cc2C(=O)O)cc1C#N. The molecule has 0 aliphatic rings. The van der Waals surface area contributed by atoms with Crippen molar-refractivity contribution in [2.45, 2.75) is 0 Å². The number of non-ortho nitro benzene ring substituents is 1. The lowest BCUT2D eigenvalue weighted by molar-refractivity contribution is -0.384. The van der Waals surface area contributed by atoms with Crippen LogP contribution in [0.3, 0.4) is 0 Å². The van der Waals surface area contributed by atoms with Crippen molar-refractivity contribution < 1.29 is 19.6 Å². The van der Waals surface area contributed by atoms with Crippen molar-refractivity contribution in [2.24, 2.45) is 0 Å². The molecule has 0 heterocycles. The Kier molecular flexibility index (Phi) is 4.72. The average Bonchev–Trinajstić information content (AvgIpc) is 2.60. The summed E-state index contributed by atoms with van der Waals surface area (Å²) in [5, 5.41) is 40.1. The van der Waals surface area contributed by atoms with Gasteiger partial charge in [-0.1, -0.05) is 0 Å². The molecule has 0 saturated heterocycles. The van der Waals surface area contributed by atoms with Gasteiger partial charge >= 0.3 is 5.97 Å². The van der Waals surface area contributed by atoms with E-state index in [1.807, 2.05) is 6.07 Å². The quantitative estimate of drug-likeness (QED) is 0.640. The Hall–Kier alpha value is -4.24. The van der Waals surface area contributed by atoms with Gasteiger partial charge in [0.1, 0.15) is 12.1 Å². The summed E-state index contributed by atoms with van der Waals surface area (Å²) in [4.78, 5) is 33.5. The molecule has 0 atom stereocenters. The van der Waals surface area contributed by atoms with Gasteiger partial charge in [-0.3, -0.25) is 14.9 Å². The lowest BCUT2D eigenvalue weighted by atomic mass is 10.0. The first-order valence-electron chi connectivity index (χ1n) is 6.64. The van der Waals surface area contributed by atoms with E-state index in [2.05, 4.69) is 5.32 Å². The number of carbonyl (C=O) groups is 2. The minimum absolute atomic E-state index is 0.0439. The van der Waals surface area contributed by atoms with Crippen LogP contribution in [0.5, 0.6) is 0 Å². The van der Waals surface area contributed by atoms with Gasteiger partial charge in [-0.25, -0.2) is 4.79 Å². The number of nitriles is 2. The van der Waals surface area contributed by atoms with Crippen LogP contribution >= 0.6 is 0 Å². The zero-order valence-corrected chi connectivity index (χ0v) is 12.4. The van der Waals surface area contributed by atoms with Crippen molar-refractivity contribution in [3.8, 4) is 12.1 Å². The van der Waals surface area contributed by atoms with Crippen LogP contribution < -0.4 is 5.32 Å². The van der Waals surface area contributed by atoms with Crippen LogP contribution in [0.1, 0.15) is 31.8 Å². The second-order valence-electron chi connectivity index (χ2n) is 4.73. The van der Waals surface area contributed by atoms with E-state index in [9.17, 15) is 19.7 Å². The first-order valence-corrected chi connectivity index (χ1v) is 6.64. The summed E-state index contributed by atoms with van der Waals surface area (Å²) in [5.74, 6) is -2.31. The highest BCUT2D eigenvalue weighted by molar-refractivity contribution is 6.11. The summed E-state index contributed by atoms with van der Waals surface area (Å²) in [6.07, 6.45) is 0. The molecule has 0 aliphatic carbocycles. The lowest BCUT2D eigenvalue weighted by Gasteiger charge is -2.08. The van der Waals surface area contributed by atoms with Crippen LogP contribution in [0, 0.1) is 32.8 Å². The van der Waals surface area contributed by atoms with Gasteiger partial charge in [0.2, 0.25) is 0 Å². The van der Waals surface area contributed by atoms with Gasteiger partial charge in [-0.2, -0.15) is 10.5 Å². The average molecular weight is 336 g/mol. The molecule has 9 nitrogen and oxygen atoms in total. The molecular formula is C16H8N4O5. The molecule has 0 bridgehead atoms. The van der Waals surface area contributed by atoms with Crippen molar-refractivity contribution in [3.05, 3.63) is 68.8 Å². The monoisotopic (exact) mass is 336 g/mol. The summed E-state index contributed by atoms with van der Waals surface area (Å²) in [5.41, 5.74) is -0.916. The minimum atomic E-state index is -1.49. The van der Waals surface area contributed by atoms with Crippen LogP contribution in [0.15, 0.2) is 36.4 Å². The molecule has 2 aromatic rings. The molecule has 0 aromatic heterocycles. The summed E-state index contributed by atoms with van der Waals surface area (Å²) in [6, 6.07) is 10.4. The standard InChI is InChI=1S/C16H8N4O5/c17-7-9-1-2-11(5-10(9)8-18)19-15(21)13-4-3-12(20(24)25)6-14(13)16(22)23/h1-6H,(H,19,21)(H,22,23). The molecule has 0 unspecified atom stereocenters. The van der Waals surface area contributed by atoms with Gasteiger partial charge in [0, 0.05) is 17.8 Å². The Balaban J connectivity index is 2.39. The largest absolute Gasteiger partial charge is 0.478 e. The third-order valence-electron chi connectivity index (χ3n) is 3.21. The van der Waals surface area contributed by atoms with E-state index in [1.165, 1.54) is 18.2 Å². The maximum Gasteiger partial charge on any atom is 0.336 e. The smallest absolute Gasteiger partial charge is 0.336 e. The normalized spacial score (nSPS) is 9.52. The van der Waals surface area contributed by atoms with Gasteiger partial charge in [0.05, 0.1) is 27.2 Å². The predicted molar refractivity (Wildman–Crippen MR) is 83.9 cm³/mol. The summed E-state index contributed by atoms with van der Waals surface area (Å²) >= 11 is 0. The molecule has 2 rings (SSSR count). The topological polar surface area (TPSA) is 157 Å². The van der Waals surface area contributed by atoms with Crippen molar-refractivity contribution >= 4 is 23.3 Å². The molecule has 25 heavy (non-hydrogen) atoms. The van der Waals surface area contributed by atoms with E-state index < -0.39 is 28.1 Å². The van der Waals surface area contributed by atoms with Crippen molar-refractivity contribution in [2.75, 3.05) is 5.32 Å². The van der Waals surface area contributed by atoms with Gasteiger partial charge in [0.15, 0.2) is 0 Å². The second kappa shape index (κ2) is 6.89. The van der Waals surface area contributed by atoms with Crippen LogP contribution in [-0.4, -0.2) is 21.9 Å². The number of carbonyl (C=O) groups excluding carboxylic acids is 1. The fourth-order valence-corrected chi connectivity index (χ4v) is 2.03. The molecule has 0 fully saturated rings. The fourth-order valence-electron chi connectivity index (χ4n) is 2.03. The number of rotatable bonds is 4. The zero-order chi connectivity index (χ0) is 18.6. The Morgan fingerprint density at radius 2 is 1.72 bits per heavy atom. The number of benzene rings is 2. The highest BCUT2D eigenvalue weighted by Gasteiger charge is 2.21. The number of hydrogen-bond acceptors (Lipinski definition) is 6. The Morgan fingerprint density at radius 3 is 2.28 bits per heavy atom. The van der Waals surface area contributed by atoms with Gasteiger partial charge < -0.3 is 10.4 Å². The minimum Gasteiger partial charge on any atom is -0.478 e. The number of nitro benzene ring substituents is 1. The number of nitrogens with zero attached hydrogens (tertiary/aromatic N) is 3. The Labute approximate surface area is 140 Å². The van der Waals surface area contributed by atoms with E-state index in [-0.39, 0.29) is 22.4 Å². The summed E-state index contributed by atoms with van der Waals surface area (Å²) in [7, 11) is 0. The predicted octanol–water partition coefficient (Wildman–Crippen LogP) is 2.29. The number of carboxylic acids is 1. The second-order valence-corrected chi connectivity index (χ2v) is 4.73. The van der Waals surface area contributed by atoms with Crippen molar-refractivity contribution in [3.63, 3.8) is 0 Å². The maximum absolute atomic E-state index is 12.3. The number of hydrogen-bond donors (Lipinski definition) is 2. The van der Waals surface area contributed by atoms with E-state index in [0.29, 0.717) is 0 Å². The first kappa shape index (κ1) is 17.1. The van der Waals surface area contributed by atoms with Crippen LogP contribution in [-0.2, 0) is 0 Å². The molecule has 122 valence electrons. The molecular weight excluding hydrogens is 328 g/mol. The fraction of sp³-hybridized carbons (Fsp3) is 0. The summed E-state index contributed by atoms with van der Waals surface area (Å²) in [6.45, 7) is 0. The Morgan fingerprint density at radius 1 is 1.04 bits per heavy atom. The van der Waals surface area contributed by atoms with Crippen molar-refractivity contribution in [1.82, 2.24) is 0 Å². The molecule has 0 saturated carbocycles. The Bertz CT molecular complexity index is 985. The van der Waals surface area contributed by atoms with Crippen molar-refractivity contribution in [1.29, 1.82) is 10.5 Å². The number of nitrogens with one attached hydrogen (secondary N) is 1. The van der Waals surface area contributed by atoms with Gasteiger partial charge in [0.25, 0.3) is 11.6 Å².